The number of carbonyl (C=O) groups excluding carboxylic acids is 2. The van der Waals surface area contributed by atoms with Crippen molar-refractivity contribution >= 4 is 17.5 Å². The van der Waals surface area contributed by atoms with Gasteiger partial charge >= 0.3 is 0 Å². The van der Waals surface area contributed by atoms with E-state index in [4.69, 9.17) is 5.73 Å². The molecule has 0 aromatic heterocycles. The monoisotopic (exact) mass is 249 g/mol. The number of amides is 2. The molecule has 0 heterocycles. The number of rotatable bonds is 4. The lowest BCUT2D eigenvalue weighted by Crippen LogP contribution is -2.45. The molecule has 0 unspecified atom stereocenters. The van der Waals surface area contributed by atoms with Crippen molar-refractivity contribution in [3.05, 3.63) is 29.8 Å². The first-order valence-corrected chi connectivity index (χ1v) is 5.73. The van der Waals surface area contributed by atoms with Crippen LogP contribution in [0.2, 0.25) is 0 Å². The SMILES string of the molecule is CNC(=O)Cc1ccccc1NC(=O)C(C)(C)N. The highest BCUT2D eigenvalue weighted by Gasteiger charge is 2.22. The Kier molecular flexibility index (Phi) is 4.44. The summed E-state index contributed by atoms with van der Waals surface area (Å²) in [4.78, 5) is 23.2. The summed E-state index contributed by atoms with van der Waals surface area (Å²) in [6.07, 6.45) is 0.220. The first-order valence-electron chi connectivity index (χ1n) is 5.73. The Morgan fingerprint density at radius 2 is 1.89 bits per heavy atom. The van der Waals surface area contributed by atoms with Crippen LogP contribution in [0.4, 0.5) is 5.69 Å². The Labute approximate surface area is 107 Å². The maximum Gasteiger partial charge on any atom is 0.243 e. The molecule has 0 aliphatic carbocycles. The standard InChI is InChI=1S/C13H19N3O2/c1-13(2,14)12(18)16-10-7-5-4-6-9(10)8-11(17)15-3/h4-7H,8,14H2,1-3H3,(H,15,17)(H,16,18). The van der Waals surface area contributed by atoms with Crippen molar-refractivity contribution < 1.29 is 9.59 Å². The van der Waals surface area contributed by atoms with Gasteiger partial charge in [0.15, 0.2) is 0 Å². The first kappa shape index (κ1) is 14.2. The van der Waals surface area contributed by atoms with E-state index in [9.17, 15) is 9.59 Å². The summed E-state index contributed by atoms with van der Waals surface area (Å²) in [6.45, 7) is 3.26. The zero-order valence-electron chi connectivity index (χ0n) is 10.9. The molecule has 0 saturated carbocycles. The summed E-state index contributed by atoms with van der Waals surface area (Å²) in [5, 5.41) is 5.28. The van der Waals surface area contributed by atoms with Gasteiger partial charge in [-0.1, -0.05) is 18.2 Å². The molecular formula is C13H19N3O2. The predicted octanol–water partition coefficient (Wildman–Crippen LogP) is 0.651. The lowest BCUT2D eigenvalue weighted by atomic mass is 10.0. The number of nitrogens with two attached hydrogens (primary N) is 1. The highest BCUT2D eigenvalue weighted by atomic mass is 16.2. The molecule has 0 fully saturated rings. The summed E-state index contributed by atoms with van der Waals surface area (Å²) < 4.78 is 0. The van der Waals surface area contributed by atoms with E-state index in [1.165, 1.54) is 0 Å². The van der Waals surface area contributed by atoms with Gasteiger partial charge in [-0.2, -0.15) is 0 Å². The molecule has 5 heteroatoms. The molecule has 0 saturated heterocycles. The van der Waals surface area contributed by atoms with Crippen LogP contribution >= 0.6 is 0 Å². The van der Waals surface area contributed by atoms with E-state index < -0.39 is 5.54 Å². The maximum absolute atomic E-state index is 11.8. The molecule has 0 atom stereocenters. The van der Waals surface area contributed by atoms with Crippen molar-refractivity contribution in [3.8, 4) is 0 Å². The van der Waals surface area contributed by atoms with E-state index in [1.807, 2.05) is 6.07 Å². The summed E-state index contributed by atoms with van der Waals surface area (Å²) >= 11 is 0. The second kappa shape index (κ2) is 5.64. The second-order valence-corrected chi connectivity index (χ2v) is 4.68. The van der Waals surface area contributed by atoms with Gasteiger partial charge in [-0.25, -0.2) is 0 Å². The van der Waals surface area contributed by atoms with E-state index in [0.717, 1.165) is 5.56 Å². The minimum Gasteiger partial charge on any atom is -0.359 e. The number of nitrogens with one attached hydrogen (secondary N) is 2. The summed E-state index contributed by atoms with van der Waals surface area (Å²) in [5.74, 6) is -0.393. The maximum atomic E-state index is 11.8. The van der Waals surface area contributed by atoms with Crippen molar-refractivity contribution in [1.29, 1.82) is 0 Å². The number of carbonyl (C=O) groups is 2. The molecule has 98 valence electrons. The van der Waals surface area contributed by atoms with Gasteiger partial charge in [0.05, 0.1) is 12.0 Å². The van der Waals surface area contributed by atoms with Crippen LogP contribution in [0, 0.1) is 0 Å². The van der Waals surface area contributed by atoms with Crippen molar-refractivity contribution in [2.45, 2.75) is 25.8 Å². The zero-order valence-corrected chi connectivity index (χ0v) is 10.9. The van der Waals surface area contributed by atoms with Crippen LogP contribution < -0.4 is 16.4 Å². The Hall–Kier alpha value is -1.88. The molecule has 18 heavy (non-hydrogen) atoms. The number of benzene rings is 1. The molecule has 1 aromatic rings. The highest BCUT2D eigenvalue weighted by molar-refractivity contribution is 5.98. The summed E-state index contributed by atoms with van der Waals surface area (Å²) in [6, 6.07) is 7.17. The zero-order chi connectivity index (χ0) is 13.8. The summed E-state index contributed by atoms with van der Waals surface area (Å²) in [5.41, 5.74) is 6.13. The minimum atomic E-state index is -0.958. The molecule has 0 radical (unpaired) electrons. The fraction of sp³-hybridized carbons (Fsp3) is 0.385. The summed E-state index contributed by atoms with van der Waals surface area (Å²) in [7, 11) is 1.58. The van der Waals surface area contributed by atoms with Crippen molar-refractivity contribution in [3.63, 3.8) is 0 Å². The topological polar surface area (TPSA) is 84.2 Å². The highest BCUT2D eigenvalue weighted by Crippen LogP contribution is 2.17. The quantitative estimate of drug-likeness (QED) is 0.732. The van der Waals surface area contributed by atoms with Crippen molar-refractivity contribution in [1.82, 2.24) is 5.32 Å². The van der Waals surface area contributed by atoms with Crippen LogP contribution in [0.15, 0.2) is 24.3 Å². The lowest BCUT2D eigenvalue weighted by Gasteiger charge is -2.19. The third-order valence-electron chi connectivity index (χ3n) is 2.48. The van der Waals surface area contributed by atoms with Gasteiger partial charge in [-0.05, 0) is 25.5 Å². The van der Waals surface area contributed by atoms with Crippen LogP contribution in [0.3, 0.4) is 0 Å². The van der Waals surface area contributed by atoms with Gasteiger partial charge in [-0.3, -0.25) is 9.59 Å². The van der Waals surface area contributed by atoms with E-state index >= 15 is 0 Å². The van der Waals surface area contributed by atoms with E-state index in [1.54, 1.807) is 39.1 Å². The third-order valence-corrected chi connectivity index (χ3v) is 2.48. The third kappa shape index (κ3) is 3.85. The number of para-hydroxylation sites is 1. The van der Waals surface area contributed by atoms with Crippen LogP contribution in [0.1, 0.15) is 19.4 Å². The van der Waals surface area contributed by atoms with E-state index in [0.29, 0.717) is 5.69 Å². The van der Waals surface area contributed by atoms with E-state index in [-0.39, 0.29) is 18.2 Å². The molecule has 4 N–H and O–H groups in total. The Morgan fingerprint density at radius 1 is 1.28 bits per heavy atom. The molecule has 1 aromatic carbocycles. The Balaban J connectivity index is 2.89. The van der Waals surface area contributed by atoms with Crippen molar-refractivity contribution in [2.24, 2.45) is 5.73 Å². The number of likely N-dealkylation sites (N-methyl/N-ethyl adjacent to an activating group) is 1. The number of hydrogen-bond donors (Lipinski definition) is 3. The largest absolute Gasteiger partial charge is 0.359 e. The minimum absolute atomic E-state index is 0.108. The molecule has 0 bridgehead atoms. The van der Waals surface area contributed by atoms with Gasteiger partial charge < -0.3 is 16.4 Å². The van der Waals surface area contributed by atoms with Gasteiger partial charge in [-0.15, -0.1) is 0 Å². The van der Waals surface area contributed by atoms with E-state index in [2.05, 4.69) is 10.6 Å². The van der Waals surface area contributed by atoms with Gasteiger partial charge in [0.25, 0.3) is 0 Å². The molecule has 0 aliphatic rings. The predicted molar refractivity (Wildman–Crippen MR) is 71.1 cm³/mol. The second-order valence-electron chi connectivity index (χ2n) is 4.68. The van der Waals surface area contributed by atoms with Gasteiger partial charge in [0.2, 0.25) is 11.8 Å². The normalized spacial score (nSPS) is 10.9. The average Bonchev–Trinajstić information content (AvgIpc) is 2.30. The van der Waals surface area contributed by atoms with Crippen LogP contribution in [-0.4, -0.2) is 24.4 Å². The molecule has 0 spiro atoms. The van der Waals surface area contributed by atoms with Gasteiger partial charge in [0, 0.05) is 12.7 Å². The molecule has 2 amide bonds. The molecule has 0 aliphatic heterocycles. The lowest BCUT2D eigenvalue weighted by molar-refractivity contribution is -0.121. The Bertz CT molecular complexity index is 450. The number of hydrogen-bond acceptors (Lipinski definition) is 3. The van der Waals surface area contributed by atoms with Crippen LogP contribution in [-0.2, 0) is 16.0 Å². The fourth-order valence-corrected chi connectivity index (χ4v) is 1.34. The smallest absolute Gasteiger partial charge is 0.243 e. The fourth-order valence-electron chi connectivity index (χ4n) is 1.34. The molecular weight excluding hydrogens is 230 g/mol. The van der Waals surface area contributed by atoms with Crippen molar-refractivity contribution in [2.75, 3.05) is 12.4 Å². The molecule has 1 rings (SSSR count). The van der Waals surface area contributed by atoms with Gasteiger partial charge in [0.1, 0.15) is 0 Å². The number of anilines is 1. The van der Waals surface area contributed by atoms with Crippen LogP contribution in [0.25, 0.3) is 0 Å². The average molecular weight is 249 g/mol. The van der Waals surface area contributed by atoms with Crippen LogP contribution in [0.5, 0.6) is 0 Å². The Morgan fingerprint density at radius 3 is 2.44 bits per heavy atom. The first-order chi connectivity index (χ1) is 8.34. The molecule has 5 nitrogen and oxygen atoms in total.